The van der Waals surface area contributed by atoms with E-state index in [2.05, 4.69) is 24.0 Å². The Morgan fingerprint density at radius 1 is 1.29 bits per heavy atom. The molecule has 1 amide bonds. The predicted octanol–water partition coefficient (Wildman–Crippen LogP) is 3.34. The summed E-state index contributed by atoms with van der Waals surface area (Å²) in [6, 6.07) is 6.77. The highest BCUT2D eigenvalue weighted by Crippen LogP contribution is 2.32. The number of ether oxygens (including phenoxy) is 1. The highest BCUT2D eigenvalue weighted by atomic mass is 16.5. The van der Waals surface area contributed by atoms with E-state index in [0.717, 1.165) is 44.4 Å². The van der Waals surface area contributed by atoms with Gasteiger partial charge in [0.25, 0.3) is 0 Å². The summed E-state index contributed by atoms with van der Waals surface area (Å²) >= 11 is 0. The third kappa shape index (κ3) is 2.92. The maximum absolute atomic E-state index is 12.5. The van der Waals surface area contributed by atoms with Crippen molar-refractivity contribution >= 4 is 5.91 Å². The minimum absolute atomic E-state index is 0.322. The average Bonchev–Trinajstić information content (AvgIpc) is 2.85. The van der Waals surface area contributed by atoms with Crippen molar-refractivity contribution in [3.05, 3.63) is 29.3 Å². The normalized spacial score (nSPS) is 22.2. The minimum atomic E-state index is 0.322. The van der Waals surface area contributed by atoms with Gasteiger partial charge in [-0.05, 0) is 56.2 Å². The van der Waals surface area contributed by atoms with Gasteiger partial charge in [0.15, 0.2) is 0 Å². The lowest BCUT2D eigenvalue weighted by Crippen LogP contribution is -2.42. The highest BCUT2D eigenvalue weighted by Gasteiger charge is 2.35. The lowest BCUT2D eigenvalue weighted by molar-refractivity contribution is -0.138. The van der Waals surface area contributed by atoms with Crippen LogP contribution in [0.25, 0.3) is 0 Å². The van der Waals surface area contributed by atoms with Crippen molar-refractivity contribution in [3.8, 4) is 5.75 Å². The van der Waals surface area contributed by atoms with E-state index in [0.29, 0.717) is 17.9 Å². The number of nitrogens with zero attached hydrogens (tertiary/aromatic N) is 1. The molecule has 1 aliphatic heterocycles. The maximum atomic E-state index is 12.5. The van der Waals surface area contributed by atoms with E-state index < -0.39 is 0 Å². The van der Waals surface area contributed by atoms with Crippen molar-refractivity contribution in [2.24, 2.45) is 5.92 Å². The summed E-state index contributed by atoms with van der Waals surface area (Å²) in [6.07, 6.45) is 6.70. The molecule has 1 saturated heterocycles. The first kappa shape index (κ1) is 14.4. The van der Waals surface area contributed by atoms with Crippen LogP contribution in [0.5, 0.6) is 5.75 Å². The van der Waals surface area contributed by atoms with Crippen molar-refractivity contribution in [2.75, 3.05) is 13.7 Å². The van der Waals surface area contributed by atoms with Gasteiger partial charge in [0.05, 0.1) is 7.11 Å². The van der Waals surface area contributed by atoms with Crippen LogP contribution >= 0.6 is 0 Å². The number of hydrogen-bond donors (Lipinski definition) is 0. The fraction of sp³-hybridized carbons (Fsp3) is 0.611. The Hall–Kier alpha value is -1.51. The summed E-state index contributed by atoms with van der Waals surface area (Å²) < 4.78 is 5.32. The third-order valence-electron chi connectivity index (χ3n) is 5.05. The first-order valence-corrected chi connectivity index (χ1v) is 8.13. The molecule has 2 aliphatic rings. The molecule has 1 aromatic rings. The Kier molecular flexibility index (Phi) is 4.18. The van der Waals surface area contributed by atoms with Crippen molar-refractivity contribution in [3.63, 3.8) is 0 Å². The summed E-state index contributed by atoms with van der Waals surface area (Å²) in [7, 11) is 1.71. The molecule has 0 aromatic heterocycles. The lowest BCUT2D eigenvalue weighted by atomic mass is 9.84. The third-order valence-corrected chi connectivity index (χ3v) is 5.05. The Morgan fingerprint density at radius 2 is 2.10 bits per heavy atom. The van der Waals surface area contributed by atoms with Gasteiger partial charge in [0.2, 0.25) is 5.91 Å². The van der Waals surface area contributed by atoms with Crippen LogP contribution in [0, 0.1) is 12.8 Å². The van der Waals surface area contributed by atoms with Gasteiger partial charge in [-0.3, -0.25) is 4.79 Å². The van der Waals surface area contributed by atoms with Gasteiger partial charge in [0, 0.05) is 18.5 Å². The fourth-order valence-corrected chi connectivity index (χ4v) is 3.57. The van der Waals surface area contributed by atoms with Crippen LogP contribution < -0.4 is 4.74 Å². The van der Waals surface area contributed by atoms with Crippen LogP contribution in [-0.4, -0.2) is 30.5 Å². The van der Waals surface area contributed by atoms with Gasteiger partial charge < -0.3 is 9.64 Å². The van der Waals surface area contributed by atoms with Gasteiger partial charge in [-0.2, -0.15) is 0 Å². The lowest BCUT2D eigenvalue weighted by Gasteiger charge is -2.33. The largest absolute Gasteiger partial charge is 0.496 e. The summed E-state index contributed by atoms with van der Waals surface area (Å²) in [6.45, 7) is 3.03. The van der Waals surface area contributed by atoms with E-state index >= 15 is 0 Å². The van der Waals surface area contributed by atoms with E-state index in [4.69, 9.17) is 4.74 Å². The van der Waals surface area contributed by atoms with E-state index in [1.165, 1.54) is 17.5 Å². The van der Waals surface area contributed by atoms with Gasteiger partial charge in [0.1, 0.15) is 5.75 Å². The molecule has 0 radical (unpaired) electrons. The molecule has 2 fully saturated rings. The molecular formula is C18H25NO2. The molecule has 0 N–H and O–H groups in total. The van der Waals surface area contributed by atoms with E-state index in [9.17, 15) is 4.79 Å². The number of benzene rings is 1. The zero-order chi connectivity index (χ0) is 14.8. The molecule has 3 rings (SSSR count). The van der Waals surface area contributed by atoms with Gasteiger partial charge in [-0.1, -0.05) is 18.6 Å². The predicted molar refractivity (Wildman–Crippen MR) is 83.5 cm³/mol. The van der Waals surface area contributed by atoms with Crippen molar-refractivity contribution in [1.82, 2.24) is 4.90 Å². The number of hydrogen-bond acceptors (Lipinski definition) is 2. The molecule has 1 atom stereocenters. The first-order chi connectivity index (χ1) is 10.2. The smallest absolute Gasteiger partial charge is 0.225 e. The van der Waals surface area contributed by atoms with Crippen LogP contribution in [0.4, 0.5) is 0 Å². The second-order valence-electron chi connectivity index (χ2n) is 6.46. The highest BCUT2D eigenvalue weighted by molar-refractivity contribution is 5.80. The molecule has 0 spiro atoms. The molecular weight excluding hydrogens is 262 g/mol. The number of amides is 1. The fourth-order valence-electron chi connectivity index (χ4n) is 3.57. The quantitative estimate of drug-likeness (QED) is 0.850. The average molecular weight is 287 g/mol. The monoisotopic (exact) mass is 287 g/mol. The van der Waals surface area contributed by atoms with Crippen LogP contribution in [0.3, 0.4) is 0 Å². The van der Waals surface area contributed by atoms with E-state index in [-0.39, 0.29) is 0 Å². The molecule has 3 heteroatoms. The Morgan fingerprint density at radius 3 is 2.71 bits per heavy atom. The van der Waals surface area contributed by atoms with Crippen LogP contribution in [-0.2, 0) is 11.2 Å². The molecule has 1 heterocycles. The molecule has 1 aromatic carbocycles. The number of rotatable bonds is 4. The second kappa shape index (κ2) is 6.08. The Labute approximate surface area is 127 Å². The molecule has 3 nitrogen and oxygen atoms in total. The molecule has 1 saturated carbocycles. The summed E-state index contributed by atoms with van der Waals surface area (Å²) in [5, 5.41) is 0. The second-order valence-corrected chi connectivity index (χ2v) is 6.46. The van der Waals surface area contributed by atoms with Crippen molar-refractivity contribution in [1.29, 1.82) is 0 Å². The molecule has 21 heavy (non-hydrogen) atoms. The molecule has 1 unspecified atom stereocenters. The standard InChI is InChI=1S/C18H25NO2/c1-13-11-14(8-9-17(13)21-2)12-16-7-4-10-19(16)18(20)15-5-3-6-15/h8-9,11,15-16H,3-7,10,12H2,1-2H3. The number of likely N-dealkylation sites (tertiary alicyclic amines) is 1. The SMILES string of the molecule is COc1ccc(CC2CCCN2C(=O)C2CCC2)cc1C. The zero-order valence-electron chi connectivity index (χ0n) is 13.1. The van der Waals surface area contributed by atoms with Gasteiger partial charge in [-0.15, -0.1) is 0 Å². The van der Waals surface area contributed by atoms with Gasteiger partial charge >= 0.3 is 0 Å². The zero-order valence-corrected chi connectivity index (χ0v) is 13.1. The summed E-state index contributed by atoms with van der Waals surface area (Å²) in [4.78, 5) is 14.7. The van der Waals surface area contributed by atoms with Crippen molar-refractivity contribution < 1.29 is 9.53 Å². The van der Waals surface area contributed by atoms with Crippen molar-refractivity contribution in [2.45, 2.75) is 51.5 Å². The topological polar surface area (TPSA) is 29.5 Å². The Balaban J connectivity index is 1.68. The number of methoxy groups -OCH3 is 1. The Bertz CT molecular complexity index is 522. The molecule has 1 aliphatic carbocycles. The van der Waals surface area contributed by atoms with E-state index in [1.807, 2.05) is 6.07 Å². The minimum Gasteiger partial charge on any atom is -0.496 e. The number of aryl methyl sites for hydroxylation is 1. The van der Waals surface area contributed by atoms with E-state index in [1.54, 1.807) is 7.11 Å². The summed E-state index contributed by atoms with van der Waals surface area (Å²) in [5.74, 6) is 1.67. The molecule has 0 bridgehead atoms. The number of carbonyl (C=O) groups excluding carboxylic acids is 1. The summed E-state index contributed by atoms with van der Waals surface area (Å²) in [5.41, 5.74) is 2.48. The van der Waals surface area contributed by atoms with Gasteiger partial charge in [-0.25, -0.2) is 0 Å². The molecule has 114 valence electrons. The van der Waals surface area contributed by atoms with Crippen LogP contribution in [0.2, 0.25) is 0 Å². The van der Waals surface area contributed by atoms with Crippen LogP contribution in [0.1, 0.15) is 43.2 Å². The maximum Gasteiger partial charge on any atom is 0.225 e. The first-order valence-electron chi connectivity index (χ1n) is 8.13. The van der Waals surface area contributed by atoms with Crippen LogP contribution in [0.15, 0.2) is 18.2 Å². The number of carbonyl (C=O) groups is 1.